The maximum Gasteiger partial charge on any atom is 0.416 e. The summed E-state index contributed by atoms with van der Waals surface area (Å²) in [5.74, 6) is -0.268. The third-order valence-corrected chi connectivity index (χ3v) is 5.45. The van der Waals surface area contributed by atoms with E-state index < -0.39 is 11.7 Å². The Morgan fingerprint density at radius 1 is 1.15 bits per heavy atom. The lowest BCUT2D eigenvalue weighted by atomic mass is 9.86. The van der Waals surface area contributed by atoms with E-state index in [1.807, 2.05) is 12.5 Å². The molecule has 1 aliphatic carbocycles. The number of rotatable bonds is 2. The molecule has 0 heterocycles. The second-order valence-corrected chi connectivity index (χ2v) is 6.26. The Morgan fingerprint density at radius 3 is 2.35 bits per heavy atom. The fraction of sp³-hybridized carbons (Fsp3) is 0.357. The number of thioether (sulfide) groups is 2. The predicted molar refractivity (Wildman–Crippen MR) is 78.2 cm³/mol. The van der Waals surface area contributed by atoms with E-state index in [-0.39, 0.29) is 11.3 Å². The number of hydrogen-bond acceptors (Lipinski definition) is 3. The molecule has 2 rings (SSSR count). The normalized spacial score (nSPS) is 15.2. The Hall–Kier alpha value is -0.880. The highest BCUT2D eigenvalue weighted by Crippen LogP contribution is 2.37. The molecule has 0 unspecified atom stereocenters. The fourth-order valence-electron chi connectivity index (χ4n) is 2.24. The first-order valence-electron chi connectivity index (χ1n) is 5.94. The minimum Gasteiger partial charge on any atom is -0.289 e. The molecule has 0 saturated carbocycles. The molecule has 20 heavy (non-hydrogen) atoms. The van der Waals surface area contributed by atoms with Crippen molar-refractivity contribution in [3.05, 3.63) is 44.7 Å². The van der Waals surface area contributed by atoms with Crippen molar-refractivity contribution in [3.8, 4) is 0 Å². The maximum absolute atomic E-state index is 12.7. The first kappa shape index (κ1) is 15.5. The van der Waals surface area contributed by atoms with E-state index in [2.05, 4.69) is 0 Å². The van der Waals surface area contributed by atoms with Crippen LogP contribution in [0.2, 0.25) is 0 Å². The second-order valence-electron chi connectivity index (χ2n) is 4.37. The molecule has 1 aromatic rings. The van der Waals surface area contributed by atoms with E-state index in [4.69, 9.17) is 0 Å². The molecule has 0 saturated heterocycles. The van der Waals surface area contributed by atoms with Crippen molar-refractivity contribution in [2.75, 3.05) is 12.5 Å². The smallest absolute Gasteiger partial charge is 0.289 e. The molecule has 1 nitrogen and oxygen atoms in total. The highest BCUT2D eigenvalue weighted by molar-refractivity contribution is 8.21. The molecule has 0 radical (unpaired) electrons. The number of benzene rings is 1. The van der Waals surface area contributed by atoms with Gasteiger partial charge in [0.05, 0.1) is 5.56 Å². The van der Waals surface area contributed by atoms with Gasteiger partial charge in [-0.25, -0.2) is 0 Å². The maximum atomic E-state index is 12.7. The molecular formula is C14H13F3OS2. The Balaban J connectivity index is 2.50. The summed E-state index contributed by atoms with van der Waals surface area (Å²) >= 11 is 2.93. The number of aryl methyl sites for hydroxylation is 1. The molecule has 0 amide bonds. The van der Waals surface area contributed by atoms with Gasteiger partial charge in [0, 0.05) is 15.4 Å². The van der Waals surface area contributed by atoms with Gasteiger partial charge in [0.25, 0.3) is 0 Å². The van der Waals surface area contributed by atoms with Crippen LogP contribution in [0.4, 0.5) is 13.2 Å². The number of allylic oxidation sites excluding steroid dienone is 1. The van der Waals surface area contributed by atoms with Crippen molar-refractivity contribution in [2.45, 2.75) is 19.0 Å². The highest BCUT2D eigenvalue weighted by Gasteiger charge is 2.33. The summed E-state index contributed by atoms with van der Waals surface area (Å²) in [4.78, 5) is 12.4. The van der Waals surface area contributed by atoms with Crippen molar-refractivity contribution in [1.29, 1.82) is 0 Å². The molecule has 0 spiro atoms. The highest BCUT2D eigenvalue weighted by atomic mass is 32.2. The van der Waals surface area contributed by atoms with Crippen molar-refractivity contribution in [3.63, 3.8) is 0 Å². The fourth-order valence-corrected chi connectivity index (χ4v) is 3.79. The van der Waals surface area contributed by atoms with Crippen LogP contribution in [0.3, 0.4) is 0 Å². The lowest BCUT2D eigenvalue weighted by molar-refractivity contribution is -0.137. The van der Waals surface area contributed by atoms with Gasteiger partial charge in [-0.3, -0.25) is 4.79 Å². The van der Waals surface area contributed by atoms with Gasteiger partial charge in [-0.15, -0.1) is 23.5 Å². The topological polar surface area (TPSA) is 17.1 Å². The molecule has 0 atom stereocenters. The summed E-state index contributed by atoms with van der Waals surface area (Å²) in [7, 11) is 0. The number of ketones is 1. The second kappa shape index (κ2) is 5.85. The summed E-state index contributed by atoms with van der Waals surface area (Å²) < 4.78 is 39.1. The van der Waals surface area contributed by atoms with Crippen molar-refractivity contribution < 1.29 is 18.0 Å². The van der Waals surface area contributed by atoms with Crippen molar-refractivity contribution in [2.24, 2.45) is 0 Å². The Labute approximate surface area is 124 Å². The lowest BCUT2D eigenvalue weighted by Gasteiger charge is -2.20. The number of fused-ring (bicyclic) bond motifs is 1. The first-order valence-corrected chi connectivity index (χ1v) is 8.39. The van der Waals surface area contributed by atoms with E-state index in [9.17, 15) is 18.0 Å². The molecule has 108 valence electrons. The van der Waals surface area contributed by atoms with Crippen molar-refractivity contribution >= 4 is 29.3 Å². The third-order valence-electron chi connectivity index (χ3n) is 3.22. The minimum absolute atomic E-state index is 0.196. The van der Waals surface area contributed by atoms with E-state index in [0.717, 1.165) is 16.4 Å². The van der Waals surface area contributed by atoms with Gasteiger partial charge in [0.15, 0.2) is 5.78 Å². The standard InChI is InChI=1S/C14H13F3OS2/c1-19-13(20-2)10-6-4-8-3-5-9(14(15,16)17)7-11(8)12(10)18/h3,5,7H,4,6H2,1-2H3. The van der Waals surface area contributed by atoms with Gasteiger partial charge in [0.1, 0.15) is 0 Å². The van der Waals surface area contributed by atoms with Crippen LogP contribution in [0, 0.1) is 0 Å². The number of carbonyl (C=O) groups excluding carboxylic acids is 1. The molecule has 6 heteroatoms. The zero-order chi connectivity index (χ0) is 14.9. The molecule has 0 aromatic heterocycles. The molecule has 0 N–H and O–H groups in total. The largest absolute Gasteiger partial charge is 0.416 e. The van der Waals surface area contributed by atoms with E-state index in [0.29, 0.717) is 24.0 Å². The van der Waals surface area contributed by atoms with Crippen LogP contribution < -0.4 is 0 Å². The van der Waals surface area contributed by atoms with Gasteiger partial charge in [0.2, 0.25) is 0 Å². The molecule has 1 aliphatic rings. The van der Waals surface area contributed by atoms with Crippen LogP contribution in [0.25, 0.3) is 0 Å². The average Bonchev–Trinajstić information content (AvgIpc) is 2.41. The van der Waals surface area contributed by atoms with Crippen LogP contribution >= 0.6 is 23.5 Å². The van der Waals surface area contributed by atoms with Gasteiger partial charge in [-0.1, -0.05) is 6.07 Å². The van der Waals surface area contributed by atoms with Crippen LogP contribution in [-0.4, -0.2) is 18.3 Å². The Morgan fingerprint density at radius 2 is 1.80 bits per heavy atom. The van der Waals surface area contributed by atoms with E-state index in [1.54, 1.807) is 0 Å². The number of alkyl halides is 3. The first-order chi connectivity index (χ1) is 9.38. The summed E-state index contributed by atoms with van der Waals surface area (Å²) in [6.45, 7) is 0. The molecule has 0 aliphatic heterocycles. The molecular weight excluding hydrogens is 305 g/mol. The van der Waals surface area contributed by atoms with Crippen LogP contribution in [-0.2, 0) is 12.6 Å². The number of halogens is 3. The SMILES string of the molecule is CSC(SC)=C1CCc2ccc(C(F)(F)F)cc2C1=O. The predicted octanol–water partition coefficient (Wildman–Crippen LogP) is 4.77. The Bertz CT molecular complexity index is 570. The average molecular weight is 318 g/mol. The van der Waals surface area contributed by atoms with Crippen LogP contribution in [0.1, 0.15) is 27.9 Å². The summed E-state index contributed by atoms with van der Waals surface area (Å²) in [5.41, 5.74) is 0.771. The summed E-state index contributed by atoms with van der Waals surface area (Å²) in [5, 5.41) is 0. The Kier molecular flexibility index (Phi) is 4.54. The number of hydrogen-bond donors (Lipinski definition) is 0. The lowest BCUT2D eigenvalue weighted by Crippen LogP contribution is -2.17. The molecule has 0 fully saturated rings. The van der Waals surface area contributed by atoms with Crippen molar-refractivity contribution in [1.82, 2.24) is 0 Å². The zero-order valence-electron chi connectivity index (χ0n) is 11.0. The number of carbonyl (C=O) groups is 1. The quantitative estimate of drug-likeness (QED) is 0.731. The van der Waals surface area contributed by atoms with Gasteiger partial charge < -0.3 is 0 Å². The molecule has 0 bridgehead atoms. The monoisotopic (exact) mass is 318 g/mol. The van der Waals surface area contributed by atoms with Gasteiger partial charge >= 0.3 is 6.18 Å². The summed E-state index contributed by atoms with van der Waals surface area (Å²) in [6, 6.07) is 3.45. The zero-order valence-corrected chi connectivity index (χ0v) is 12.6. The molecule has 1 aromatic carbocycles. The number of Topliss-reactive ketones (excluding diaryl/α,β-unsaturated/α-hetero) is 1. The van der Waals surface area contributed by atoms with E-state index >= 15 is 0 Å². The third kappa shape index (κ3) is 2.91. The summed E-state index contributed by atoms with van der Waals surface area (Å²) in [6.07, 6.45) is 0.521. The van der Waals surface area contributed by atoms with Gasteiger partial charge in [-0.2, -0.15) is 13.2 Å². The van der Waals surface area contributed by atoms with Gasteiger partial charge in [-0.05, 0) is 43.0 Å². The minimum atomic E-state index is -4.42. The van der Waals surface area contributed by atoms with Crippen LogP contribution in [0.5, 0.6) is 0 Å². The van der Waals surface area contributed by atoms with E-state index in [1.165, 1.54) is 29.6 Å². The van der Waals surface area contributed by atoms with Crippen LogP contribution in [0.15, 0.2) is 28.0 Å².